The third-order valence-electron chi connectivity index (χ3n) is 12.5. The number of carbonyl (C=O) groups excluding carboxylic acids is 4. The van der Waals surface area contributed by atoms with E-state index >= 15 is 0 Å². The van der Waals surface area contributed by atoms with Gasteiger partial charge in [0.25, 0.3) is 0 Å². The predicted molar refractivity (Wildman–Crippen MR) is 221 cm³/mol. The molecule has 0 radical (unpaired) electrons. The summed E-state index contributed by atoms with van der Waals surface area (Å²) in [5, 5.41) is 9.96. The summed E-state index contributed by atoms with van der Waals surface area (Å²) in [4.78, 5) is 74.1. The van der Waals surface area contributed by atoms with Crippen molar-refractivity contribution >= 4 is 29.4 Å². The van der Waals surface area contributed by atoms with Crippen LogP contribution in [0.5, 0.6) is 0 Å². The molecule has 0 aromatic heterocycles. The van der Waals surface area contributed by atoms with Crippen molar-refractivity contribution in [2.75, 3.05) is 34.9 Å². The van der Waals surface area contributed by atoms with Crippen LogP contribution in [-0.2, 0) is 39.9 Å². The maximum atomic E-state index is 14.5. The smallest absolute Gasteiger partial charge is 0.307 e. The molecule has 1 N–H and O–H groups in total. The highest BCUT2D eigenvalue weighted by atomic mass is 16.5. The molecular formula is C45H75N3O8. The lowest BCUT2D eigenvalue weighted by molar-refractivity contribution is -0.149. The minimum Gasteiger partial charge on any atom is -0.481 e. The Morgan fingerprint density at radius 1 is 0.875 bits per heavy atom. The minimum absolute atomic E-state index is 0.0162. The fourth-order valence-electron chi connectivity index (χ4n) is 8.57. The molecule has 0 spiro atoms. The van der Waals surface area contributed by atoms with Gasteiger partial charge < -0.3 is 24.4 Å². The maximum Gasteiger partial charge on any atom is 0.307 e. The van der Waals surface area contributed by atoms with E-state index in [0.717, 1.165) is 18.4 Å². The second kappa shape index (κ2) is 22.1. The number of carbonyl (C=O) groups is 5. The van der Waals surface area contributed by atoms with Crippen LogP contribution >= 0.6 is 0 Å². The minimum atomic E-state index is -1.02. The van der Waals surface area contributed by atoms with E-state index in [1.165, 1.54) is 7.11 Å². The third-order valence-corrected chi connectivity index (χ3v) is 12.5. The van der Waals surface area contributed by atoms with Crippen molar-refractivity contribution < 1.29 is 38.6 Å². The van der Waals surface area contributed by atoms with E-state index in [1.807, 2.05) is 65.1 Å². The number of carboxylic acids is 1. The zero-order chi connectivity index (χ0) is 42.7. The fourth-order valence-corrected chi connectivity index (χ4v) is 8.57. The Balaban J connectivity index is 2.30. The summed E-state index contributed by atoms with van der Waals surface area (Å²) in [6.45, 7) is 20.7. The lowest BCUT2D eigenvalue weighted by Gasteiger charge is -2.42. The van der Waals surface area contributed by atoms with Gasteiger partial charge in [-0.2, -0.15) is 0 Å². The molecule has 1 aliphatic heterocycles. The first-order valence-corrected chi connectivity index (χ1v) is 20.8. The number of benzene rings is 1. The number of ketones is 2. The van der Waals surface area contributed by atoms with Gasteiger partial charge in [-0.3, -0.25) is 28.9 Å². The van der Waals surface area contributed by atoms with Crippen LogP contribution in [0.25, 0.3) is 0 Å². The van der Waals surface area contributed by atoms with Crippen molar-refractivity contribution in [3.8, 4) is 0 Å². The van der Waals surface area contributed by atoms with E-state index in [1.54, 1.807) is 30.9 Å². The van der Waals surface area contributed by atoms with Crippen LogP contribution in [0.3, 0.4) is 0 Å². The van der Waals surface area contributed by atoms with Gasteiger partial charge in [-0.05, 0) is 70.4 Å². The van der Waals surface area contributed by atoms with Gasteiger partial charge in [0.1, 0.15) is 5.78 Å². The molecule has 0 unspecified atom stereocenters. The Morgan fingerprint density at radius 3 is 1.96 bits per heavy atom. The average molecular weight is 786 g/mol. The second-order valence-electron chi connectivity index (χ2n) is 18.0. The monoisotopic (exact) mass is 786 g/mol. The number of aliphatic carboxylic acids is 1. The molecule has 0 aliphatic carbocycles. The summed E-state index contributed by atoms with van der Waals surface area (Å²) in [5.41, 5.74) is 0.624. The zero-order valence-electron chi connectivity index (χ0n) is 37.0. The van der Waals surface area contributed by atoms with Crippen molar-refractivity contribution in [3.05, 3.63) is 35.9 Å². The van der Waals surface area contributed by atoms with Crippen LogP contribution in [0.1, 0.15) is 113 Å². The summed E-state index contributed by atoms with van der Waals surface area (Å²) in [6, 6.07) is 8.13. The number of ether oxygens (including phenoxy) is 2. The van der Waals surface area contributed by atoms with Crippen LogP contribution in [0.4, 0.5) is 0 Å². The summed E-state index contributed by atoms with van der Waals surface area (Å²) in [7, 11) is 6.84. The van der Waals surface area contributed by atoms with Gasteiger partial charge in [0.05, 0.1) is 42.7 Å². The first-order valence-electron chi connectivity index (χ1n) is 20.8. The van der Waals surface area contributed by atoms with Crippen LogP contribution in [0, 0.1) is 35.5 Å². The Bertz CT molecular complexity index is 1430. The highest BCUT2D eigenvalue weighted by Gasteiger charge is 2.44. The van der Waals surface area contributed by atoms with Gasteiger partial charge in [-0.25, -0.2) is 0 Å². The predicted octanol–water partition coefficient (Wildman–Crippen LogP) is 6.80. The molecule has 0 saturated carbocycles. The number of hydrogen-bond acceptors (Lipinski definition) is 8. The average Bonchev–Trinajstić information content (AvgIpc) is 3.62. The molecule has 1 aliphatic rings. The van der Waals surface area contributed by atoms with Crippen molar-refractivity contribution in [1.29, 1.82) is 0 Å². The highest BCUT2D eigenvalue weighted by molar-refractivity contribution is 5.90. The second-order valence-corrected chi connectivity index (χ2v) is 18.0. The highest BCUT2D eigenvalue weighted by Crippen LogP contribution is 2.32. The van der Waals surface area contributed by atoms with E-state index in [9.17, 15) is 29.1 Å². The molecule has 9 atom stereocenters. The molecule has 11 nitrogen and oxygen atoms in total. The summed E-state index contributed by atoms with van der Waals surface area (Å²) >= 11 is 0. The van der Waals surface area contributed by atoms with Crippen LogP contribution in [0.15, 0.2) is 30.3 Å². The van der Waals surface area contributed by atoms with Crippen molar-refractivity contribution in [1.82, 2.24) is 14.7 Å². The van der Waals surface area contributed by atoms with Crippen LogP contribution in [0.2, 0.25) is 0 Å². The number of likely N-dealkylation sites (tertiary alicyclic amines) is 1. The molecule has 2 amide bonds. The normalized spacial score (nSPS) is 19.3. The van der Waals surface area contributed by atoms with E-state index in [-0.39, 0.29) is 84.4 Å². The molecule has 1 saturated heterocycles. The Hall–Kier alpha value is -3.15. The Morgan fingerprint density at radius 2 is 1.48 bits per heavy atom. The molecule has 56 heavy (non-hydrogen) atoms. The molecule has 11 heteroatoms. The number of nitrogens with zero attached hydrogens (tertiary/aromatic N) is 3. The first-order chi connectivity index (χ1) is 26.1. The summed E-state index contributed by atoms with van der Waals surface area (Å²) in [5.74, 6) is -3.57. The lowest BCUT2D eigenvalue weighted by atomic mass is 9.83. The van der Waals surface area contributed by atoms with Gasteiger partial charge in [0.2, 0.25) is 11.8 Å². The van der Waals surface area contributed by atoms with Gasteiger partial charge >= 0.3 is 5.97 Å². The van der Waals surface area contributed by atoms with Gasteiger partial charge in [-0.1, -0.05) is 85.2 Å². The zero-order valence-corrected chi connectivity index (χ0v) is 37.0. The van der Waals surface area contributed by atoms with Crippen LogP contribution in [-0.4, -0.2) is 120 Å². The van der Waals surface area contributed by atoms with E-state index in [2.05, 4.69) is 39.5 Å². The molecule has 1 aromatic carbocycles. The summed E-state index contributed by atoms with van der Waals surface area (Å²) in [6.07, 6.45) is 1.13. The Labute approximate surface area is 338 Å². The van der Waals surface area contributed by atoms with E-state index in [4.69, 9.17) is 9.47 Å². The first kappa shape index (κ1) is 49.0. The fraction of sp³-hybridized carbons (Fsp3) is 0.756. The van der Waals surface area contributed by atoms with Crippen molar-refractivity contribution in [3.63, 3.8) is 0 Å². The number of amides is 2. The molecule has 318 valence electrons. The Kier molecular flexibility index (Phi) is 19.4. The topological polar surface area (TPSA) is 134 Å². The molecule has 0 bridgehead atoms. The maximum absolute atomic E-state index is 14.5. The number of hydrogen-bond donors (Lipinski definition) is 1. The quantitative estimate of drug-likeness (QED) is 0.127. The number of Topliss-reactive ketones (excluding diaryl/α,β-unsaturated/α-hetero) is 2. The largest absolute Gasteiger partial charge is 0.481 e. The van der Waals surface area contributed by atoms with Crippen molar-refractivity contribution in [2.24, 2.45) is 35.5 Å². The lowest BCUT2D eigenvalue weighted by Crippen LogP contribution is -2.55. The van der Waals surface area contributed by atoms with Crippen molar-refractivity contribution in [2.45, 2.75) is 150 Å². The molecule has 1 fully saturated rings. The van der Waals surface area contributed by atoms with Gasteiger partial charge in [-0.15, -0.1) is 0 Å². The van der Waals surface area contributed by atoms with Gasteiger partial charge in [0.15, 0.2) is 5.78 Å². The van der Waals surface area contributed by atoms with Gasteiger partial charge in [0, 0.05) is 58.0 Å². The number of rotatable bonds is 23. The molecular weight excluding hydrogens is 711 g/mol. The van der Waals surface area contributed by atoms with Crippen LogP contribution < -0.4 is 0 Å². The molecule has 2 rings (SSSR count). The molecule has 1 heterocycles. The van der Waals surface area contributed by atoms with E-state index in [0.29, 0.717) is 13.0 Å². The standard InChI is InChI=1S/C45H75N3O8/c1-15-30(6)41(46(11)43(52)34(28(2)3)26-37(50)40(29(4)5)47(12)45(8,9)10)38(55-13)27-39(51)48-23-19-22-35(48)42(56-14)31(7)36(49)25-33(44(53)54)24-32-20-17-16-18-21-32/h16-18,20-21,28-31,33-35,38,40-42H,15,19,22-27H2,1-14H3,(H,53,54)/t30-,31-,33+,34-,35-,38+,40-,41-,42+/m0/s1. The number of likely N-dealkylation sites (N-methyl/N-ethyl adjacent to an activating group) is 2. The SMILES string of the molecule is CC[C@H](C)[C@@H]([C@@H](CC(=O)N1CCC[C@H]1[C@H](OC)[C@@H](C)C(=O)C[C@@H](Cc1ccccc1)C(=O)O)OC)N(C)C(=O)[C@@H](CC(=O)[C@H](C(C)C)N(C)C(C)(C)C)C(C)C. The number of methoxy groups -OCH3 is 2. The van der Waals surface area contributed by atoms with E-state index < -0.39 is 42.0 Å². The molecule has 1 aromatic rings. The summed E-state index contributed by atoms with van der Waals surface area (Å²) < 4.78 is 12.0. The third kappa shape index (κ3) is 12.9. The number of carboxylic acid groups (broad SMARTS) is 1.